The van der Waals surface area contributed by atoms with E-state index in [1.54, 1.807) is 4.90 Å². The number of ether oxygens (including phenoxy) is 2. The van der Waals surface area contributed by atoms with Gasteiger partial charge in [0.15, 0.2) is 0 Å². The third-order valence-electron chi connectivity index (χ3n) is 3.03. The van der Waals surface area contributed by atoms with Crippen LogP contribution in [0.1, 0.15) is 5.56 Å². The zero-order valence-electron chi connectivity index (χ0n) is 11.0. The molecule has 5 heteroatoms. The third-order valence-corrected chi connectivity index (χ3v) is 3.03. The number of carbonyl (C=O) groups excluding carboxylic acids is 1. The van der Waals surface area contributed by atoms with E-state index in [1.165, 1.54) is 0 Å². The molecule has 2 N–H and O–H groups in total. The van der Waals surface area contributed by atoms with E-state index in [1.807, 2.05) is 30.3 Å². The molecule has 0 unspecified atom stereocenters. The minimum Gasteiger partial charge on any atom is -0.448 e. The Kier molecular flexibility index (Phi) is 5.18. The van der Waals surface area contributed by atoms with Crippen LogP contribution in [0.5, 0.6) is 0 Å². The van der Waals surface area contributed by atoms with Gasteiger partial charge in [0, 0.05) is 19.1 Å². The van der Waals surface area contributed by atoms with Crippen molar-refractivity contribution >= 4 is 6.09 Å². The average Bonchev–Trinajstić information content (AvgIpc) is 2.47. The smallest absolute Gasteiger partial charge is 0.409 e. The fourth-order valence-corrected chi connectivity index (χ4v) is 1.99. The molecular formula is C14H20N2O3. The fraction of sp³-hybridized carbons (Fsp3) is 0.500. The normalized spacial score (nSPS) is 17.0. The average molecular weight is 264 g/mol. The monoisotopic (exact) mass is 264 g/mol. The minimum absolute atomic E-state index is 0.174. The number of rotatable bonds is 4. The third kappa shape index (κ3) is 4.54. The van der Waals surface area contributed by atoms with Crippen LogP contribution < -0.4 is 5.73 Å². The zero-order chi connectivity index (χ0) is 13.5. The highest BCUT2D eigenvalue weighted by Gasteiger charge is 2.18. The number of hydrogen-bond donors (Lipinski definition) is 1. The van der Waals surface area contributed by atoms with Gasteiger partial charge in [-0.25, -0.2) is 4.79 Å². The van der Waals surface area contributed by atoms with Crippen molar-refractivity contribution in [2.45, 2.75) is 12.5 Å². The Bertz CT molecular complexity index is 391. The van der Waals surface area contributed by atoms with E-state index >= 15 is 0 Å². The minimum atomic E-state index is -0.299. The Morgan fingerprint density at radius 3 is 2.68 bits per heavy atom. The SMILES string of the molecule is N[C@@H](COC(=O)N1CCOCC1)Cc1ccccc1. The molecule has 1 amide bonds. The maximum absolute atomic E-state index is 11.7. The molecule has 2 rings (SSSR count). The molecule has 1 heterocycles. The second kappa shape index (κ2) is 7.11. The van der Waals surface area contributed by atoms with Gasteiger partial charge in [-0.1, -0.05) is 30.3 Å². The molecule has 104 valence electrons. The van der Waals surface area contributed by atoms with Crippen LogP contribution >= 0.6 is 0 Å². The molecule has 1 fully saturated rings. The first-order valence-electron chi connectivity index (χ1n) is 6.54. The predicted molar refractivity (Wildman–Crippen MR) is 71.9 cm³/mol. The maximum Gasteiger partial charge on any atom is 0.409 e. The molecule has 1 atom stereocenters. The lowest BCUT2D eigenvalue weighted by atomic mass is 10.1. The largest absolute Gasteiger partial charge is 0.448 e. The van der Waals surface area contributed by atoms with E-state index in [2.05, 4.69) is 0 Å². The van der Waals surface area contributed by atoms with E-state index in [9.17, 15) is 4.79 Å². The van der Waals surface area contributed by atoms with E-state index < -0.39 is 0 Å². The highest BCUT2D eigenvalue weighted by Crippen LogP contribution is 2.04. The van der Waals surface area contributed by atoms with E-state index in [-0.39, 0.29) is 18.7 Å². The second-order valence-electron chi connectivity index (χ2n) is 4.63. The van der Waals surface area contributed by atoms with Crippen LogP contribution in [0.15, 0.2) is 30.3 Å². The number of carbonyl (C=O) groups is 1. The molecule has 1 aliphatic heterocycles. The first kappa shape index (κ1) is 13.8. The van der Waals surface area contributed by atoms with Crippen molar-refractivity contribution in [3.8, 4) is 0 Å². The Morgan fingerprint density at radius 2 is 2.00 bits per heavy atom. The van der Waals surface area contributed by atoms with Crippen LogP contribution in [0.2, 0.25) is 0 Å². The van der Waals surface area contributed by atoms with Gasteiger partial charge in [0.1, 0.15) is 6.61 Å². The Hall–Kier alpha value is -1.59. The highest BCUT2D eigenvalue weighted by molar-refractivity contribution is 5.67. The van der Waals surface area contributed by atoms with Crippen molar-refractivity contribution in [3.63, 3.8) is 0 Å². The van der Waals surface area contributed by atoms with Crippen molar-refractivity contribution in [1.29, 1.82) is 0 Å². The topological polar surface area (TPSA) is 64.8 Å². The van der Waals surface area contributed by atoms with Crippen LogP contribution in [0.3, 0.4) is 0 Å². The summed E-state index contributed by atoms with van der Waals surface area (Å²) in [4.78, 5) is 13.4. The molecule has 1 aromatic rings. The van der Waals surface area contributed by atoms with Crippen molar-refractivity contribution in [2.24, 2.45) is 5.73 Å². The van der Waals surface area contributed by atoms with Crippen molar-refractivity contribution in [1.82, 2.24) is 4.90 Å². The lowest BCUT2D eigenvalue weighted by molar-refractivity contribution is 0.0257. The van der Waals surface area contributed by atoms with Crippen LogP contribution in [-0.4, -0.2) is 49.9 Å². The lowest BCUT2D eigenvalue weighted by Gasteiger charge is -2.26. The molecule has 1 aromatic carbocycles. The zero-order valence-corrected chi connectivity index (χ0v) is 11.0. The summed E-state index contributed by atoms with van der Waals surface area (Å²) in [7, 11) is 0. The van der Waals surface area contributed by atoms with E-state index in [0.717, 1.165) is 5.56 Å². The molecule has 19 heavy (non-hydrogen) atoms. The first-order chi connectivity index (χ1) is 9.25. The lowest BCUT2D eigenvalue weighted by Crippen LogP contribution is -2.42. The molecular weight excluding hydrogens is 244 g/mol. The molecule has 5 nitrogen and oxygen atoms in total. The van der Waals surface area contributed by atoms with Crippen LogP contribution in [-0.2, 0) is 15.9 Å². The molecule has 0 aliphatic carbocycles. The molecule has 0 bridgehead atoms. The van der Waals surface area contributed by atoms with Crippen molar-refractivity contribution < 1.29 is 14.3 Å². The summed E-state index contributed by atoms with van der Waals surface area (Å²) in [6.45, 7) is 2.57. The summed E-state index contributed by atoms with van der Waals surface area (Å²) in [6, 6.07) is 9.78. The number of amides is 1. The van der Waals surface area contributed by atoms with Gasteiger partial charge < -0.3 is 20.1 Å². The van der Waals surface area contributed by atoms with E-state index in [0.29, 0.717) is 32.7 Å². The molecule has 1 aliphatic rings. The Labute approximate surface area is 113 Å². The molecule has 0 saturated carbocycles. The van der Waals surface area contributed by atoms with Crippen molar-refractivity contribution in [3.05, 3.63) is 35.9 Å². The Balaban J connectivity index is 1.71. The Morgan fingerprint density at radius 1 is 1.32 bits per heavy atom. The van der Waals surface area contributed by atoms with E-state index in [4.69, 9.17) is 15.2 Å². The van der Waals surface area contributed by atoms with Gasteiger partial charge in [-0.05, 0) is 12.0 Å². The number of nitrogens with two attached hydrogens (primary N) is 1. The fourth-order valence-electron chi connectivity index (χ4n) is 1.99. The van der Waals surface area contributed by atoms with Crippen LogP contribution in [0.4, 0.5) is 4.79 Å². The molecule has 1 saturated heterocycles. The molecule has 0 radical (unpaired) electrons. The summed E-state index contributed by atoms with van der Waals surface area (Å²) >= 11 is 0. The van der Waals surface area contributed by atoms with Gasteiger partial charge in [-0.15, -0.1) is 0 Å². The summed E-state index contributed by atoms with van der Waals surface area (Å²) in [6.07, 6.45) is 0.406. The summed E-state index contributed by atoms with van der Waals surface area (Å²) in [5.41, 5.74) is 7.11. The highest BCUT2D eigenvalue weighted by atomic mass is 16.6. The number of benzene rings is 1. The molecule has 0 spiro atoms. The quantitative estimate of drug-likeness (QED) is 0.882. The first-order valence-corrected chi connectivity index (χ1v) is 6.54. The van der Waals surface area contributed by atoms with Gasteiger partial charge in [-0.2, -0.15) is 0 Å². The van der Waals surface area contributed by atoms with Gasteiger partial charge in [0.25, 0.3) is 0 Å². The van der Waals surface area contributed by atoms with Gasteiger partial charge >= 0.3 is 6.09 Å². The second-order valence-corrected chi connectivity index (χ2v) is 4.63. The summed E-state index contributed by atoms with van der Waals surface area (Å²) in [5, 5.41) is 0. The summed E-state index contributed by atoms with van der Waals surface area (Å²) < 4.78 is 10.4. The van der Waals surface area contributed by atoms with Crippen molar-refractivity contribution in [2.75, 3.05) is 32.9 Å². The maximum atomic E-state index is 11.7. The molecule has 0 aromatic heterocycles. The van der Waals surface area contributed by atoms with Gasteiger partial charge in [-0.3, -0.25) is 0 Å². The summed E-state index contributed by atoms with van der Waals surface area (Å²) in [5.74, 6) is 0. The number of morpholine rings is 1. The van der Waals surface area contributed by atoms with Crippen LogP contribution in [0.25, 0.3) is 0 Å². The predicted octanol–water partition coefficient (Wildman–Crippen LogP) is 1.03. The number of nitrogens with zero attached hydrogens (tertiary/aromatic N) is 1. The van der Waals surface area contributed by atoms with Gasteiger partial charge in [0.2, 0.25) is 0 Å². The van der Waals surface area contributed by atoms with Gasteiger partial charge in [0.05, 0.1) is 13.2 Å². The number of hydrogen-bond acceptors (Lipinski definition) is 4. The standard InChI is InChI=1S/C14H20N2O3/c15-13(10-12-4-2-1-3-5-12)11-19-14(17)16-6-8-18-9-7-16/h1-5,13H,6-11,15H2/t13-/m1/s1. The van der Waals surface area contributed by atoms with Crippen LogP contribution in [0, 0.1) is 0 Å².